The number of nitrogens with one attached hydrogen (secondary N) is 1. The van der Waals surface area contributed by atoms with Gasteiger partial charge in [-0.3, -0.25) is 4.79 Å². The Kier molecular flexibility index (Phi) is 4.42. The molecule has 2 heterocycles. The van der Waals surface area contributed by atoms with E-state index in [0.717, 1.165) is 11.3 Å². The van der Waals surface area contributed by atoms with Crippen LogP contribution < -0.4 is 5.32 Å². The molecule has 1 aromatic rings. The summed E-state index contributed by atoms with van der Waals surface area (Å²) in [6, 6.07) is 3.81. The van der Waals surface area contributed by atoms with Gasteiger partial charge < -0.3 is 15.3 Å². The highest BCUT2D eigenvalue weighted by atomic mass is 32.1. The van der Waals surface area contributed by atoms with E-state index in [1.54, 1.807) is 16.2 Å². The third-order valence-electron chi connectivity index (χ3n) is 3.42. The number of urea groups is 1. The average molecular weight is 282 g/mol. The Bertz CT molecular complexity index is 447. The molecule has 2 atom stereocenters. The van der Waals surface area contributed by atoms with E-state index in [1.807, 2.05) is 24.4 Å². The van der Waals surface area contributed by atoms with Crippen LogP contribution in [0, 0.1) is 5.92 Å². The van der Waals surface area contributed by atoms with Gasteiger partial charge in [0, 0.05) is 18.0 Å². The third-order valence-corrected chi connectivity index (χ3v) is 4.40. The van der Waals surface area contributed by atoms with Crippen molar-refractivity contribution in [3.63, 3.8) is 0 Å². The molecule has 1 aromatic heterocycles. The lowest BCUT2D eigenvalue weighted by molar-refractivity contribution is -0.141. The number of thiophene rings is 1. The van der Waals surface area contributed by atoms with E-state index < -0.39 is 11.9 Å². The molecule has 104 valence electrons. The zero-order valence-corrected chi connectivity index (χ0v) is 11.7. The number of aliphatic carboxylic acids is 1. The second kappa shape index (κ2) is 6.06. The van der Waals surface area contributed by atoms with Gasteiger partial charge in [0.25, 0.3) is 0 Å². The van der Waals surface area contributed by atoms with Crippen LogP contribution in [-0.4, -0.2) is 35.1 Å². The fraction of sp³-hybridized carbons (Fsp3) is 0.538. The summed E-state index contributed by atoms with van der Waals surface area (Å²) >= 11 is 1.62. The van der Waals surface area contributed by atoms with Gasteiger partial charge in [0.15, 0.2) is 0 Å². The van der Waals surface area contributed by atoms with E-state index in [-0.39, 0.29) is 12.1 Å². The molecular weight excluding hydrogens is 264 g/mol. The van der Waals surface area contributed by atoms with Crippen LogP contribution in [0.1, 0.15) is 30.7 Å². The minimum absolute atomic E-state index is 0.0105. The molecule has 1 fully saturated rings. The molecule has 2 rings (SSSR count). The zero-order chi connectivity index (χ0) is 13.8. The molecule has 0 aliphatic carbocycles. The first-order valence-corrected chi connectivity index (χ1v) is 7.31. The van der Waals surface area contributed by atoms with E-state index >= 15 is 0 Å². The Labute approximate surface area is 116 Å². The number of likely N-dealkylation sites (tertiary alicyclic amines) is 1. The molecule has 0 spiro atoms. The summed E-state index contributed by atoms with van der Waals surface area (Å²) in [5.74, 6) is -1.24. The summed E-state index contributed by atoms with van der Waals surface area (Å²) in [4.78, 5) is 25.7. The monoisotopic (exact) mass is 282 g/mol. The van der Waals surface area contributed by atoms with E-state index in [1.165, 1.54) is 0 Å². The summed E-state index contributed by atoms with van der Waals surface area (Å²) in [5, 5.41) is 13.9. The van der Waals surface area contributed by atoms with Crippen molar-refractivity contribution >= 4 is 23.3 Å². The van der Waals surface area contributed by atoms with Crippen LogP contribution >= 0.6 is 11.3 Å². The van der Waals surface area contributed by atoms with Gasteiger partial charge in [0.2, 0.25) is 0 Å². The third kappa shape index (κ3) is 3.26. The summed E-state index contributed by atoms with van der Waals surface area (Å²) in [6.45, 7) is 2.85. The highest BCUT2D eigenvalue weighted by Gasteiger charge is 2.31. The van der Waals surface area contributed by atoms with Crippen molar-refractivity contribution in [2.45, 2.75) is 25.8 Å². The Morgan fingerprint density at radius 1 is 1.63 bits per heavy atom. The van der Waals surface area contributed by atoms with Gasteiger partial charge in [-0.15, -0.1) is 11.3 Å². The fourth-order valence-electron chi connectivity index (χ4n) is 2.25. The van der Waals surface area contributed by atoms with Crippen molar-refractivity contribution in [3.05, 3.63) is 22.4 Å². The van der Waals surface area contributed by atoms with Crippen molar-refractivity contribution in [1.29, 1.82) is 0 Å². The smallest absolute Gasteiger partial charge is 0.317 e. The van der Waals surface area contributed by atoms with Crippen molar-refractivity contribution in [2.24, 2.45) is 5.92 Å². The molecule has 0 radical (unpaired) electrons. The molecule has 6 heteroatoms. The van der Waals surface area contributed by atoms with Crippen LogP contribution in [0.2, 0.25) is 0 Å². The minimum atomic E-state index is -0.819. The first kappa shape index (κ1) is 13.9. The molecule has 2 amide bonds. The van der Waals surface area contributed by atoms with E-state index in [2.05, 4.69) is 5.32 Å². The minimum Gasteiger partial charge on any atom is -0.481 e. The predicted molar refractivity (Wildman–Crippen MR) is 73.2 cm³/mol. The number of rotatable bonds is 4. The summed E-state index contributed by atoms with van der Waals surface area (Å²) < 4.78 is 0. The molecule has 0 aromatic carbocycles. The first-order chi connectivity index (χ1) is 9.11. The fourth-order valence-corrected chi connectivity index (χ4v) is 3.11. The maximum Gasteiger partial charge on any atom is 0.317 e. The molecule has 1 saturated heterocycles. The van der Waals surface area contributed by atoms with Gasteiger partial charge >= 0.3 is 12.0 Å². The maximum atomic E-state index is 12.1. The molecule has 19 heavy (non-hydrogen) atoms. The summed E-state index contributed by atoms with van der Waals surface area (Å²) in [7, 11) is 0. The van der Waals surface area contributed by atoms with Crippen LogP contribution in [0.4, 0.5) is 4.79 Å². The number of carboxylic acids is 1. The highest BCUT2D eigenvalue weighted by Crippen LogP contribution is 2.23. The van der Waals surface area contributed by atoms with Gasteiger partial charge in [-0.05, 0) is 24.3 Å². The Morgan fingerprint density at radius 2 is 2.42 bits per heavy atom. The second-order valence-corrected chi connectivity index (χ2v) is 5.67. The van der Waals surface area contributed by atoms with Crippen LogP contribution in [0.25, 0.3) is 0 Å². The molecular formula is C13H18N2O3S. The lowest BCUT2D eigenvalue weighted by Crippen LogP contribution is -2.40. The van der Waals surface area contributed by atoms with E-state index in [4.69, 9.17) is 5.11 Å². The van der Waals surface area contributed by atoms with Gasteiger partial charge in [0.05, 0.1) is 12.0 Å². The molecule has 2 N–H and O–H groups in total. The van der Waals surface area contributed by atoms with E-state index in [9.17, 15) is 9.59 Å². The number of nitrogens with zero attached hydrogens (tertiary/aromatic N) is 1. The van der Waals surface area contributed by atoms with Crippen LogP contribution in [0.3, 0.4) is 0 Å². The number of hydrogen-bond acceptors (Lipinski definition) is 3. The Hall–Kier alpha value is -1.56. The largest absolute Gasteiger partial charge is 0.481 e. The highest BCUT2D eigenvalue weighted by molar-refractivity contribution is 7.10. The molecule has 5 nitrogen and oxygen atoms in total. The van der Waals surface area contributed by atoms with Gasteiger partial charge in [-0.2, -0.15) is 0 Å². The normalized spacial score (nSPS) is 20.3. The summed E-state index contributed by atoms with van der Waals surface area (Å²) in [5.41, 5.74) is 0. The predicted octanol–water partition coefficient (Wildman–Crippen LogP) is 2.32. The quantitative estimate of drug-likeness (QED) is 0.890. The maximum absolute atomic E-state index is 12.1. The SMILES string of the molecule is CCC(NC(=O)N1CCC(C(=O)O)C1)c1cccs1. The first-order valence-electron chi connectivity index (χ1n) is 6.43. The number of amides is 2. The van der Waals surface area contributed by atoms with Crippen LogP contribution in [0.5, 0.6) is 0 Å². The van der Waals surface area contributed by atoms with Crippen LogP contribution in [0.15, 0.2) is 17.5 Å². The standard InChI is InChI=1S/C13H18N2O3S/c1-2-10(11-4-3-7-19-11)14-13(18)15-6-5-9(8-15)12(16)17/h3-4,7,9-10H,2,5-6,8H2,1H3,(H,14,18)(H,16,17). The van der Waals surface area contributed by atoms with Gasteiger partial charge in [0.1, 0.15) is 0 Å². The van der Waals surface area contributed by atoms with E-state index in [0.29, 0.717) is 19.5 Å². The lowest BCUT2D eigenvalue weighted by atomic mass is 10.1. The summed E-state index contributed by atoms with van der Waals surface area (Å²) in [6.07, 6.45) is 1.36. The molecule has 1 aliphatic heterocycles. The Balaban J connectivity index is 1.92. The second-order valence-electron chi connectivity index (χ2n) is 4.70. The topological polar surface area (TPSA) is 69.6 Å². The van der Waals surface area contributed by atoms with Gasteiger partial charge in [-0.1, -0.05) is 13.0 Å². The Morgan fingerprint density at radius 3 is 2.95 bits per heavy atom. The molecule has 0 bridgehead atoms. The average Bonchev–Trinajstić information content (AvgIpc) is 3.05. The number of carbonyl (C=O) groups excluding carboxylic acids is 1. The van der Waals surface area contributed by atoms with Crippen LogP contribution in [-0.2, 0) is 4.79 Å². The lowest BCUT2D eigenvalue weighted by Gasteiger charge is -2.21. The van der Waals surface area contributed by atoms with Crippen molar-refractivity contribution < 1.29 is 14.7 Å². The van der Waals surface area contributed by atoms with Gasteiger partial charge in [-0.25, -0.2) is 4.79 Å². The zero-order valence-electron chi connectivity index (χ0n) is 10.8. The molecule has 2 unspecified atom stereocenters. The van der Waals surface area contributed by atoms with Crippen molar-refractivity contribution in [3.8, 4) is 0 Å². The number of hydrogen-bond donors (Lipinski definition) is 2. The number of carbonyl (C=O) groups is 2. The van der Waals surface area contributed by atoms with Crippen molar-refractivity contribution in [2.75, 3.05) is 13.1 Å². The molecule has 1 aliphatic rings. The number of carboxylic acid groups (broad SMARTS) is 1. The van der Waals surface area contributed by atoms with Crippen molar-refractivity contribution in [1.82, 2.24) is 10.2 Å². The molecule has 0 saturated carbocycles.